The van der Waals surface area contributed by atoms with Crippen LogP contribution in [-0.2, 0) is 18.4 Å². The summed E-state index contributed by atoms with van der Waals surface area (Å²) < 4.78 is 41.2. The Morgan fingerprint density at radius 2 is 1.82 bits per heavy atom. The van der Waals surface area contributed by atoms with Gasteiger partial charge in [-0.15, -0.1) is 0 Å². The van der Waals surface area contributed by atoms with Crippen molar-refractivity contribution in [2.24, 2.45) is 13.0 Å². The summed E-state index contributed by atoms with van der Waals surface area (Å²) >= 11 is 0. The first-order chi connectivity index (χ1) is 15.8. The van der Waals surface area contributed by atoms with Crippen molar-refractivity contribution in [2.75, 3.05) is 0 Å². The van der Waals surface area contributed by atoms with Crippen molar-refractivity contribution in [2.45, 2.75) is 32.7 Å². The number of aryl methyl sites for hydroxylation is 2. The Kier molecular flexibility index (Phi) is 6.53. The van der Waals surface area contributed by atoms with Crippen LogP contribution in [0.15, 0.2) is 48.5 Å². The molecule has 5 nitrogen and oxygen atoms in total. The van der Waals surface area contributed by atoms with E-state index in [0.29, 0.717) is 23.2 Å². The zero-order chi connectivity index (χ0) is 23.5. The standard InChI is InChI=1S/C14H8F3N.C11H17N3O/c15-10-3-1-8(2-4-10)13-6-9-5-11(16)7-12(17)14(9)18-13;1-8-6-10(13-14(8)2)7-12-11(15)9-4-3-5-9/h1-7,18H;6,9H,3-5,7H2,1-2H3,(H,12,15). The third-order valence-electron chi connectivity index (χ3n) is 5.88. The molecule has 1 fully saturated rings. The summed E-state index contributed by atoms with van der Waals surface area (Å²) in [5.41, 5.74) is 3.63. The van der Waals surface area contributed by atoms with Crippen LogP contribution in [0.2, 0.25) is 0 Å². The molecule has 4 aromatic rings. The van der Waals surface area contributed by atoms with Crippen molar-refractivity contribution < 1.29 is 18.0 Å². The highest BCUT2D eigenvalue weighted by molar-refractivity contribution is 5.86. The number of benzene rings is 2. The molecule has 172 valence electrons. The Balaban J connectivity index is 0.000000160. The Morgan fingerprint density at radius 3 is 2.42 bits per heavy atom. The molecule has 0 saturated heterocycles. The predicted molar refractivity (Wildman–Crippen MR) is 121 cm³/mol. The van der Waals surface area contributed by atoms with E-state index in [0.717, 1.165) is 30.3 Å². The number of hydrogen-bond acceptors (Lipinski definition) is 2. The Bertz CT molecular complexity index is 1250. The third kappa shape index (κ3) is 5.27. The number of nitrogens with one attached hydrogen (secondary N) is 2. The second kappa shape index (κ2) is 9.52. The van der Waals surface area contributed by atoms with Gasteiger partial charge < -0.3 is 10.3 Å². The highest BCUT2D eigenvalue weighted by Gasteiger charge is 2.24. The van der Waals surface area contributed by atoms with E-state index in [1.807, 2.05) is 24.7 Å². The molecule has 5 rings (SSSR count). The van der Waals surface area contributed by atoms with Crippen LogP contribution in [0.25, 0.3) is 22.2 Å². The second-order valence-corrected chi connectivity index (χ2v) is 8.29. The molecule has 2 N–H and O–H groups in total. The lowest BCUT2D eigenvalue weighted by atomic mass is 9.85. The molecular weight excluding hydrogens is 429 g/mol. The van der Waals surface area contributed by atoms with Gasteiger partial charge in [-0.3, -0.25) is 9.48 Å². The molecule has 2 heterocycles. The van der Waals surface area contributed by atoms with Gasteiger partial charge >= 0.3 is 0 Å². The number of halogens is 3. The molecule has 0 aliphatic heterocycles. The van der Waals surface area contributed by atoms with Crippen LogP contribution in [0.5, 0.6) is 0 Å². The molecule has 1 aliphatic rings. The summed E-state index contributed by atoms with van der Waals surface area (Å²) in [6, 6.07) is 11.5. The van der Waals surface area contributed by atoms with Crippen LogP contribution in [0.4, 0.5) is 13.2 Å². The molecule has 1 amide bonds. The van der Waals surface area contributed by atoms with Gasteiger partial charge in [-0.1, -0.05) is 6.42 Å². The van der Waals surface area contributed by atoms with Gasteiger partial charge in [-0.2, -0.15) is 5.10 Å². The molecule has 1 saturated carbocycles. The summed E-state index contributed by atoms with van der Waals surface area (Å²) in [6.45, 7) is 2.56. The molecule has 0 unspecified atom stereocenters. The first-order valence-corrected chi connectivity index (χ1v) is 10.8. The molecule has 2 aromatic carbocycles. The molecule has 0 spiro atoms. The molecule has 8 heteroatoms. The minimum absolute atomic E-state index is 0.185. The Morgan fingerprint density at radius 1 is 1.09 bits per heavy atom. The Labute approximate surface area is 189 Å². The number of rotatable bonds is 4. The van der Waals surface area contributed by atoms with E-state index >= 15 is 0 Å². The van der Waals surface area contributed by atoms with Crippen LogP contribution in [0.3, 0.4) is 0 Å². The number of carbonyl (C=O) groups is 1. The smallest absolute Gasteiger partial charge is 0.223 e. The minimum Gasteiger partial charge on any atom is -0.352 e. The number of aromatic nitrogens is 3. The third-order valence-corrected chi connectivity index (χ3v) is 5.88. The van der Waals surface area contributed by atoms with Crippen molar-refractivity contribution in [3.05, 3.63) is 77.4 Å². The zero-order valence-corrected chi connectivity index (χ0v) is 18.5. The quantitative estimate of drug-likeness (QED) is 0.434. The number of nitrogens with zero attached hydrogens (tertiary/aromatic N) is 2. The Hall–Kier alpha value is -3.55. The van der Waals surface area contributed by atoms with Gasteiger partial charge in [0.05, 0.1) is 17.8 Å². The average Bonchev–Trinajstić information content (AvgIpc) is 3.29. The number of amides is 1. The highest BCUT2D eigenvalue weighted by Crippen LogP contribution is 2.27. The average molecular weight is 454 g/mol. The van der Waals surface area contributed by atoms with Crippen molar-refractivity contribution >= 4 is 16.8 Å². The summed E-state index contributed by atoms with van der Waals surface area (Å²) in [5.74, 6) is -1.16. The van der Waals surface area contributed by atoms with Crippen molar-refractivity contribution in [1.82, 2.24) is 20.1 Å². The van der Waals surface area contributed by atoms with E-state index in [2.05, 4.69) is 15.4 Å². The molecule has 33 heavy (non-hydrogen) atoms. The first-order valence-electron chi connectivity index (χ1n) is 10.8. The lowest BCUT2D eigenvalue weighted by molar-refractivity contribution is -0.127. The summed E-state index contributed by atoms with van der Waals surface area (Å²) in [7, 11) is 1.91. The van der Waals surface area contributed by atoms with E-state index in [1.54, 1.807) is 18.2 Å². The van der Waals surface area contributed by atoms with Crippen LogP contribution in [0, 0.1) is 30.3 Å². The van der Waals surface area contributed by atoms with E-state index in [9.17, 15) is 18.0 Å². The molecule has 0 atom stereocenters. The van der Waals surface area contributed by atoms with Crippen molar-refractivity contribution in [3.63, 3.8) is 0 Å². The van der Waals surface area contributed by atoms with E-state index in [-0.39, 0.29) is 23.2 Å². The molecule has 0 bridgehead atoms. The monoisotopic (exact) mass is 454 g/mol. The van der Waals surface area contributed by atoms with Crippen LogP contribution < -0.4 is 5.32 Å². The van der Waals surface area contributed by atoms with Crippen LogP contribution >= 0.6 is 0 Å². The van der Waals surface area contributed by atoms with Gasteiger partial charge in [0.15, 0.2) is 0 Å². The predicted octanol–water partition coefficient (Wildman–Crippen LogP) is 5.40. The van der Waals surface area contributed by atoms with Gasteiger partial charge in [0.1, 0.15) is 17.5 Å². The molecule has 2 aromatic heterocycles. The summed E-state index contributed by atoms with van der Waals surface area (Å²) in [4.78, 5) is 14.4. The highest BCUT2D eigenvalue weighted by atomic mass is 19.1. The second-order valence-electron chi connectivity index (χ2n) is 8.29. The van der Waals surface area contributed by atoms with Crippen molar-refractivity contribution in [3.8, 4) is 11.3 Å². The normalized spacial score (nSPS) is 13.4. The van der Waals surface area contributed by atoms with Crippen LogP contribution in [0.1, 0.15) is 30.7 Å². The minimum atomic E-state index is -0.640. The lowest BCUT2D eigenvalue weighted by Gasteiger charge is -2.23. The molecular formula is C25H25F3N4O. The number of carbonyl (C=O) groups excluding carboxylic acids is 1. The maximum atomic E-state index is 13.5. The fraction of sp³-hybridized carbons (Fsp3) is 0.280. The van der Waals surface area contributed by atoms with E-state index in [1.165, 1.54) is 24.6 Å². The maximum absolute atomic E-state index is 13.5. The molecule has 1 aliphatic carbocycles. The lowest BCUT2D eigenvalue weighted by Crippen LogP contribution is -2.34. The van der Waals surface area contributed by atoms with E-state index in [4.69, 9.17) is 0 Å². The summed E-state index contributed by atoms with van der Waals surface area (Å²) in [6.07, 6.45) is 3.29. The topological polar surface area (TPSA) is 62.7 Å². The number of hydrogen-bond donors (Lipinski definition) is 2. The van der Waals surface area contributed by atoms with Gasteiger partial charge in [0, 0.05) is 35.8 Å². The van der Waals surface area contributed by atoms with Gasteiger partial charge in [0.25, 0.3) is 0 Å². The van der Waals surface area contributed by atoms with Gasteiger partial charge in [-0.25, -0.2) is 13.2 Å². The van der Waals surface area contributed by atoms with Crippen LogP contribution in [-0.4, -0.2) is 20.7 Å². The fourth-order valence-electron chi connectivity index (χ4n) is 3.66. The zero-order valence-electron chi connectivity index (χ0n) is 18.5. The summed E-state index contributed by atoms with van der Waals surface area (Å²) in [5, 5.41) is 7.66. The van der Waals surface area contributed by atoms with Crippen molar-refractivity contribution in [1.29, 1.82) is 0 Å². The number of H-pyrrole nitrogens is 1. The SMILES string of the molecule is Cc1cc(CNC(=O)C2CCC2)nn1C.Fc1ccc(-c2cc3cc(F)cc(F)c3[nH]2)cc1. The number of aromatic amines is 1. The van der Waals surface area contributed by atoms with Gasteiger partial charge in [-0.05, 0) is 67.8 Å². The first kappa shape index (κ1) is 22.6. The fourth-order valence-corrected chi connectivity index (χ4v) is 3.66. The molecule has 0 radical (unpaired) electrons. The largest absolute Gasteiger partial charge is 0.352 e. The number of fused-ring (bicyclic) bond motifs is 1. The van der Waals surface area contributed by atoms with E-state index < -0.39 is 11.6 Å². The maximum Gasteiger partial charge on any atom is 0.223 e. The van der Waals surface area contributed by atoms with Gasteiger partial charge in [0.2, 0.25) is 5.91 Å².